The van der Waals surface area contributed by atoms with Crippen LogP contribution in [0.5, 0.6) is 11.5 Å². The van der Waals surface area contributed by atoms with E-state index in [-0.39, 0.29) is 30.0 Å². The Labute approximate surface area is 182 Å². The molecule has 0 saturated carbocycles. The second-order valence-corrected chi connectivity index (χ2v) is 7.03. The molecule has 150 valence electrons. The number of nitrogens with zero attached hydrogens (tertiary/aromatic N) is 2. The van der Waals surface area contributed by atoms with Gasteiger partial charge in [0.1, 0.15) is 0 Å². The maximum absolute atomic E-state index is 5.72. The molecule has 0 aliphatic carbocycles. The summed E-state index contributed by atoms with van der Waals surface area (Å²) in [6.45, 7) is 9.94. The van der Waals surface area contributed by atoms with Crippen LogP contribution in [0.1, 0.15) is 42.3 Å². The zero-order valence-electron chi connectivity index (χ0n) is 16.5. The minimum absolute atomic E-state index is 0. The second-order valence-electron chi connectivity index (χ2n) is 5.71. The zero-order valence-corrected chi connectivity index (χ0v) is 19.7. The summed E-state index contributed by atoms with van der Waals surface area (Å²) in [4.78, 5) is 9.75. The molecule has 0 radical (unpaired) electrons. The van der Waals surface area contributed by atoms with E-state index in [9.17, 15) is 0 Å². The van der Waals surface area contributed by atoms with Gasteiger partial charge in [-0.25, -0.2) is 4.98 Å². The van der Waals surface area contributed by atoms with Crippen LogP contribution in [0.4, 0.5) is 0 Å². The van der Waals surface area contributed by atoms with Gasteiger partial charge in [0.15, 0.2) is 17.5 Å². The summed E-state index contributed by atoms with van der Waals surface area (Å²) in [5.41, 5.74) is 1.11. The van der Waals surface area contributed by atoms with Crippen molar-refractivity contribution >= 4 is 41.3 Å². The Bertz CT molecular complexity index is 736. The number of hydrogen-bond acceptors (Lipinski definition) is 5. The maximum Gasteiger partial charge on any atom is 0.191 e. The third-order valence-corrected chi connectivity index (χ3v) is 4.66. The Kier molecular flexibility index (Phi) is 10.5. The monoisotopic (exact) mass is 504 g/mol. The van der Waals surface area contributed by atoms with Gasteiger partial charge in [-0.1, -0.05) is 6.07 Å². The number of aliphatic imine (C=N–C) groups is 1. The predicted octanol–water partition coefficient (Wildman–Crippen LogP) is 4.29. The molecular formula is C19H29IN4O2S. The van der Waals surface area contributed by atoms with Gasteiger partial charge >= 0.3 is 0 Å². The molecule has 1 heterocycles. The van der Waals surface area contributed by atoms with Crippen LogP contribution in [-0.4, -0.2) is 31.2 Å². The standard InChI is InChI=1S/C19H28N4O2S.HI/c1-6-24-17-9-8-15(10-18(17)25-7-2)13(3)23-19(20-5)22-12-16-11-21-14(4)26-16;/h8-11,13H,6-7,12H2,1-5H3,(H2,20,22,23);1H. The summed E-state index contributed by atoms with van der Waals surface area (Å²) in [7, 11) is 1.77. The van der Waals surface area contributed by atoms with Gasteiger partial charge < -0.3 is 20.1 Å². The summed E-state index contributed by atoms with van der Waals surface area (Å²) >= 11 is 1.68. The minimum Gasteiger partial charge on any atom is -0.490 e. The van der Waals surface area contributed by atoms with Gasteiger partial charge in [-0.05, 0) is 45.4 Å². The molecular weight excluding hydrogens is 475 g/mol. The lowest BCUT2D eigenvalue weighted by Crippen LogP contribution is -2.38. The summed E-state index contributed by atoms with van der Waals surface area (Å²) < 4.78 is 11.3. The van der Waals surface area contributed by atoms with Crippen LogP contribution in [-0.2, 0) is 6.54 Å². The Balaban J connectivity index is 0.00000364. The number of thiazole rings is 1. The molecule has 0 amide bonds. The van der Waals surface area contributed by atoms with E-state index >= 15 is 0 Å². The zero-order chi connectivity index (χ0) is 18.9. The molecule has 2 N–H and O–H groups in total. The van der Waals surface area contributed by atoms with Gasteiger partial charge in [0.2, 0.25) is 0 Å². The van der Waals surface area contributed by atoms with Crippen LogP contribution in [0.3, 0.4) is 0 Å². The van der Waals surface area contributed by atoms with E-state index in [1.807, 2.05) is 45.2 Å². The molecule has 1 atom stereocenters. The number of ether oxygens (including phenoxy) is 2. The molecule has 1 unspecified atom stereocenters. The quantitative estimate of drug-likeness (QED) is 0.319. The molecule has 0 spiro atoms. The van der Waals surface area contributed by atoms with Crippen molar-refractivity contribution in [1.29, 1.82) is 0 Å². The third-order valence-electron chi connectivity index (χ3n) is 3.74. The highest BCUT2D eigenvalue weighted by molar-refractivity contribution is 14.0. The van der Waals surface area contributed by atoms with E-state index < -0.39 is 0 Å². The van der Waals surface area contributed by atoms with Crippen LogP contribution in [0.25, 0.3) is 0 Å². The van der Waals surface area contributed by atoms with E-state index in [1.54, 1.807) is 18.4 Å². The first kappa shape index (κ1) is 23.5. The Morgan fingerprint density at radius 3 is 2.52 bits per heavy atom. The first-order valence-electron chi connectivity index (χ1n) is 8.85. The predicted molar refractivity (Wildman–Crippen MR) is 123 cm³/mol. The molecule has 1 aromatic heterocycles. The molecule has 0 bridgehead atoms. The number of hydrogen-bond donors (Lipinski definition) is 2. The van der Waals surface area contributed by atoms with E-state index in [0.717, 1.165) is 28.0 Å². The average Bonchev–Trinajstić information content (AvgIpc) is 3.05. The fourth-order valence-corrected chi connectivity index (χ4v) is 3.21. The van der Waals surface area contributed by atoms with Crippen molar-refractivity contribution in [1.82, 2.24) is 15.6 Å². The molecule has 1 aromatic carbocycles. The van der Waals surface area contributed by atoms with Gasteiger partial charge in [0.05, 0.1) is 30.8 Å². The van der Waals surface area contributed by atoms with Crippen LogP contribution in [0, 0.1) is 6.92 Å². The van der Waals surface area contributed by atoms with Crippen molar-refractivity contribution in [3.05, 3.63) is 39.8 Å². The summed E-state index contributed by atoms with van der Waals surface area (Å²) in [5.74, 6) is 2.28. The number of aryl methyl sites for hydroxylation is 1. The summed E-state index contributed by atoms with van der Waals surface area (Å²) in [6, 6.07) is 6.09. The number of nitrogens with one attached hydrogen (secondary N) is 2. The van der Waals surface area contributed by atoms with Crippen LogP contribution < -0.4 is 20.1 Å². The molecule has 6 nitrogen and oxygen atoms in total. The van der Waals surface area contributed by atoms with E-state index in [1.165, 1.54) is 4.88 Å². The van der Waals surface area contributed by atoms with Gasteiger partial charge in [-0.3, -0.25) is 4.99 Å². The number of halogens is 1. The number of benzene rings is 1. The highest BCUT2D eigenvalue weighted by Gasteiger charge is 2.12. The number of rotatable bonds is 8. The summed E-state index contributed by atoms with van der Waals surface area (Å²) in [6.07, 6.45) is 1.89. The topological polar surface area (TPSA) is 67.8 Å². The Morgan fingerprint density at radius 2 is 1.93 bits per heavy atom. The molecule has 0 aliphatic heterocycles. The molecule has 2 aromatic rings. The van der Waals surface area contributed by atoms with Gasteiger partial charge in [0.25, 0.3) is 0 Å². The molecule has 0 aliphatic rings. The van der Waals surface area contributed by atoms with Gasteiger partial charge in [-0.2, -0.15) is 0 Å². The van der Waals surface area contributed by atoms with Gasteiger partial charge in [-0.15, -0.1) is 35.3 Å². The van der Waals surface area contributed by atoms with Crippen molar-refractivity contribution in [3.8, 4) is 11.5 Å². The van der Waals surface area contributed by atoms with Crippen molar-refractivity contribution in [2.75, 3.05) is 20.3 Å². The highest BCUT2D eigenvalue weighted by Crippen LogP contribution is 2.30. The number of guanidine groups is 1. The lowest BCUT2D eigenvalue weighted by Gasteiger charge is -2.20. The highest BCUT2D eigenvalue weighted by atomic mass is 127. The summed E-state index contributed by atoms with van der Waals surface area (Å²) in [5, 5.41) is 7.80. The first-order valence-corrected chi connectivity index (χ1v) is 9.67. The van der Waals surface area contributed by atoms with Crippen molar-refractivity contribution in [2.45, 2.75) is 40.3 Å². The molecule has 0 fully saturated rings. The molecule has 8 heteroatoms. The molecule has 0 saturated heterocycles. The van der Waals surface area contributed by atoms with Crippen molar-refractivity contribution in [3.63, 3.8) is 0 Å². The lowest BCUT2D eigenvalue weighted by atomic mass is 10.1. The fourth-order valence-electron chi connectivity index (χ4n) is 2.48. The van der Waals surface area contributed by atoms with E-state index in [2.05, 4.69) is 27.5 Å². The third kappa shape index (κ3) is 7.17. The average molecular weight is 504 g/mol. The lowest BCUT2D eigenvalue weighted by molar-refractivity contribution is 0.287. The van der Waals surface area contributed by atoms with E-state index in [0.29, 0.717) is 19.8 Å². The van der Waals surface area contributed by atoms with E-state index in [4.69, 9.17) is 9.47 Å². The second kappa shape index (κ2) is 12.0. The minimum atomic E-state index is 0. The molecule has 27 heavy (non-hydrogen) atoms. The SMILES string of the molecule is CCOc1ccc(C(C)NC(=NC)NCc2cnc(C)s2)cc1OCC.I. The van der Waals surface area contributed by atoms with Crippen molar-refractivity contribution in [2.24, 2.45) is 4.99 Å². The smallest absolute Gasteiger partial charge is 0.191 e. The Morgan fingerprint density at radius 1 is 1.22 bits per heavy atom. The number of aromatic nitrogens is 1. The normalized spacial score (nSPS) is 12.1. The van der Waals surface area contributed by atoms with Crippen LogP contribution in [0.2, 0.25) is 0 Å². The molecule has 2 rings (SSSR count). The largest absolute Gasteiger partial charge is 0.490 e. The fraction of sp³-hybridized carbons (Fsp3) is 0.474. The first-order chi connectivity index (χ1) is 12.6. The van der Waals surface area contributed by atoms with Crippen molar-refractivity contribution < 1.29 is 9.47 Å². The Hall–Kier alpha value is -1.55. The van der Waals surface area contributed by atoms with Crippen LogP contribution in [0.15, 0.2) is 29.4 Å². The van der Waals surface area contributed by atoms with Gasteiger partial charge in [0, 0.05) is 18.1 Å². The van der Waals surface area contributed by atoms with Crippen LogP contribution >= 0.6 is 35.3 Å². The maximum atomic E-state index is 5.72.